The molecule has 27 heavy (non-hydrogen) atoms. The Hall–Kier alpha value is -2.70. The first kappa shape index (κ1) is 19.1. The molecule has 5 amide bonds. The lowest BCUT2D eigenvalue weighted by Gasteiger charge is -2.34. The summed E-state index contributed by atoms with van der Waals surface area (Å²) in [5.74, 6) is -2.03. The second-order valence-electron chi connectivity index (χ2n) is 7.38. The van der Waals surface area contributed by atoms with Gasteiger partial charge in [-0.15, -0.1) is 0 Å². The Balaban J connectivity index is 1.63. The highest BCUT2D eigenvalue weighted by atomic mass is 16.2. The molecule has 1 N–H and O–H groups in total. The molecule has 3 rings (SSSR count). The van der Waals surface area contributed by atoms with E-state index in [1.165, 1.54) is 0 Å². The normalized spacial score (nSPS) is 23.1. The van der Waals surface area contributed by atoms with E-state index in [4.69, 9.17) is 0 Å². The number of aryl methyl sites for hydroxylation is 1. The average molecular weight is 371 g/mol. The van der Waals surface area contributed by atoms with E-state index in [1.807, 2.05) is 38.1 Å². The number of benzene rings is 1. The molecule has 144 valence electrons. The fraction of sp³-hybridized carbons (Fsp3) is 0.500. The van der Waals surface area contributed by atoms with Crippen LogP contribution in [0, 0.1) is 12.8 Å². The summed E-state index contributed by atoms with van der Waals surface area (Å²) in [6.07, 6.45) is 3.62. The molecule has 2 aliphatic rings. The number of imide groups is 2. The third-order valence-electron chi connectivity index (χ3n) is 5.52. The molecule has 2 atom stereocenters. The van der Waals surface area contributed by atoms with E-state index < -0.39 is 30.3 Å². The molecule has 2 fully saturated rings. The lowest BCUT2D eigenvalue weighted by atomic mass is 9.85. The van der Waals surface area contributed by atoms with Crippen molar-refractivity contribution in [2.45, 2.75) is 52.1 Å². The SMILES string of the molecule is Cc1ccccc1CNC(=O)CN1C(=O)C(=O)N([C@H]2CCCC[C@@H]2C)C1=O. The molecule has 0 unspecified atom stereocenters. The van der Waals surface area contributed by atoms with Gasteiger partial charge < -0.3 is 5.32 Å². The summed E-state index contributed by atoms with van der Waals surface area (Å²) in [7, 11) is 0. The van der Waals surface area contributed by atoms with Crippen LogP contribution in [0.3, 0.4) is 0 Å². The topological polar surface area (TPSA) is 86.8 Å². The molecule has 7 nitrogen and oxygen atoms in total. The van der Waals surface area contributed by atoms with Gasteiger partial charge >= 0.3 is 17.8 Å². The summed E-state index contributed by atoms with van der Waals surface area (Å²) < 4.78 is 0. The first-order valence-electron chi connectivity index (χ1n) is 9.40. The van der Waals surface area contributed by atoms with E-state index in [1.54, 1.807) is 0 Å². The Kier molecular flexibility index (Phi) is 5.58. The highest BCUT2D eigenvalue weighted by Crippen LogP contribution is 2.31. The van der Waals surface area contributed by atoms with Gasteiger partial charge in [-0.05, 0) is 36.8 Å². The van der Waals surface area contributed by atoms with E-state index in [9.17, 15) is 19.2 Å². The van der Waals surface area contributed by atoms with Crippen molar-refractivity contribution in [3.8, 4) is 0 Å². The Morgan fingerprint density at radius 1 is 1.11 bits per heavy atom. The maximum atomic E-state index is 12.7. The highest BCUT2D eigenvalue weighted by molar-refractivity contribution is 6.45. The number of amides is 5. The summed E-state index contributed by atoms with van der Waals surface area (Å²) in [6, 6.07) is 6.70. The molecule has 0 bridgehead atoms. The maximum Gasteiger partial charge on any atom is 0.334 e. The molecule has 0 radical (unpaired) electrons. The molecular formula is C20H25N3O4. The smallest absolute Gasteiger partial charge is 0.334 e. The van der Waals surface area contributed by atoms with Crippen LogP contribution < -0.4 is 5.32 Å². The van der Waals surface area contributed by atoms with Crippen LogP contribution >= 0.6 is 0 Å². The summed E-state index contributed by atoms with van der Waals surface area (Å²) in [4.78, 5) is 51.4. The lowest BCUT2D eigenvalue weighted by Crippen LogP contribution is -2.47. The molecule has 1 saturated heterocycles. The zero-order chi connectivity index (χ0) is 19.6. The number of hydrogen-bond donors (Lipinski definition) is 1. The highest BCUT2D eigenvalue weighted by Gasteiger charge is 2.49. The number of nitrogens with zero attached hydrogens (tertiary/aromatic N) is 2. The summed E-state index contributed by atoms with van der Waals surface area (Å²) >= 11 is 0. The minimum absolute atomic E-state index is 0.161. The van der Waals surface area contributed by atoms with E-state index in [0.717, 1.165) is 40.2 Å². The van der Waals surface area contributed by atoms with E-state index in [-0.39, 0.29) is 12.0 Å². The third kappa shape index (κ3) is 3.86. The van der Waals surface area contributed by atoms with Gasteiger partial charge in [0.25, 0.3) is 0 Å². The van der Waals surface area contributed by atoms with Crippen LogP contribution in [0.5, 0.6) is 0 Å². The Morgan fingerprint density at radius 2 is 1.81 bits per heavy atom. The van der Waals surface area contributed by atoms with Crippen LogP contribution in [0.25, 0.3) is 0 Å². The summed E-state index contributed by atoms with van der Waals surface area (Å²) in [6.45, 7) is 3.80. The van der Waals surface area contributed by atoms with E-state index in [0.29, 0.717) is 13.0 Å². The minimum atomic E-state index is -0.913. The van der Waals surface area contributed by atoms with Crippen molar-refractivity contribution in [1.82, 2.24) is 15.1 Å². The van der Waals surface area contributed by atoms with Crippen molar-refractivity contribution < 1.29 is 19.2 Å². The zero-order valence-electron chi connectivity index (χ0n) is 15.7. The van der Waals surface area contributed by atoms with Crippen LogP contribution in [0.15, 0.2) is 24.3 Å². The first-order chi connectivity index (χ1) is 12.9. The number of nitrogens with one attached hydrogen (secondary N) is 1. The fourth-order valence-electron chi connectivity index (χ4n) is 3.84. The first-order valence-corrected chi connectivity index (χ1v) is 9.40. The molecule has 1 aromatic carbocycles. The number of carbonyl (C=O) groups excluding carboxylic acids is 4. The Labute approximate surface area is 158 Å². The van der Waals surface area contributed by atoms with Gasteiger partial charge in [-0.25, -0.2) is 9.69 Å². The van der Waals surface area contributed by atoms with Gasteiger partial charge in [-0.2, -0.15) is 0 Å². The van der Waals surface area contributed by atoms with Gasteiger partial charge in [0.2, 0.25) is 5.91 Å². The molecule has 0 spiro atoms. The largest absolute Gasteiger partial charge is 0.350 e. The molecule has 1 aromatic rings. The van der Waals surface area contributed by atoms with E-state index in [2.05, 4.69) is 5.32 Å². The lowest BCUT2D eigenvalue weighted by molar-refractivity contribution is -0.145. The molecule has 0 aromatic heterocycles. The maximum absolute atomic E-state index is 12.7. The van der Waals surface area contributed by atoms with Gasteiger partial charge in [-0.3, -0.25) is 19.3 Å². The third-order valence-corrected chi connectivity index (χ3v) is 5.52. The number of carbonyl (C=O) groups is 4. The molecule has 1 saturated carbocycles. The van der Waals surface area contributed by atoms with Crippen LogP contribution in [0.4, 0.5) is 4.79 Å². The van der Waals surface area contributed by atoms with Crippen LogP contribution in [-0.4, -0.2) is 46.1 Å². The quantitative estimate of drug-likeness (QED) is 0.633. The number of urea groups is 1. The number of hydrogen-bond acceptors (Lipinski definition) is 4. The van der Waals surface area contributed by atoms with Crippen LogP contribution in [0.2, 0.25) is 0 Å². The second kappa shape index (κ2) is 7.90. The van der Waals surface area contributed by atoms with Crippen molar-refractivity contribution in [1.29, 1.82) is 0 Å². The molecule has 1 aliphatic carbocycles. The molecule has 1 heterocycles. The van der Waals surface area contributed by atoms with Gasteiger partial charge in [0, 0.05) is 12.6 Å². The average Bonchev–Trinajstić information content (AvgIpc) is 2.85. The van der Waals surface area contributed by atoms with Gasteiger partial charge in [0.05, 0.1) is 0 Å². The van der Waals surface area contributed by atoms with Gasteiger partial charge in [0.15, 0.2) is 0 Å². The zero-order valence-corrected chi connectivity index (χ0v) is 15.7. The number of rotatable bonds is 5. The van der Waals surface area contributed by atoms with Crippen molar-refractivity contribution in [2.75, 3.05) is 6.54 Å². The molecule has 7 heteroatoms. The fourth-order valence-corrected chi connectivity index (χ4v) is 3.84. The Bertz CT molecular complexity index is 776. The van der Waals surface area contributed by atoms with E-state index >= 15 is 0 Å². The van der Waals surface area contributed by atoms with Crippen molar-refractivity contribution in [3.63, 3.8) is 0 Å². The van der Waals surface area contributed by atoms with Crippen molar-refractivity contribution in [3.05, 3.63) is 35.4 Å². The Morgan fingerprint density at radius 3 is 2.52 bits per heavy atom. The summed E-state index contributed by atoms with van der Waals surface area (Å²) in [5.41, 5.74) is 2.00. The van der Waals surface area contributed by atoms with Crippen molar-refractivity contribution >= 4 is 23.8 Å². The summed E-state index contributed by atoms with van der Waals surface area (Å²) in [5, 5.41) is 2.71. The minimum Gasteiger partial charge on any atom is -0.350 e. The van der Waals surface area contributed by atoms with Crippen LogP contribution in [0.1, 0.15) is 43.7 Å². The van der Waals surface area contributed by atoms with Crippen molar-refractivity contribution in [2.24, 2.45) is 5.92 Å². The standard InChI is InChI=1S/C20H25N3O4/c1-13-7-3-5-9-15(13)11-21-17(24)12-22-18(25)19(26)23(20(22)27)16-10-6-4-8-14(16)2/h3,5,7,9,14,16H,4,6,8,10-12H2,1-2H3,(H,21,24)/t14-,16-/m0/s1. The van der Waals surface area contributed by atoms with Crippen LogP contribution in [-0.2, 0) is 20.9 Å². The predicted octanol–water partition coefficient (Wildman–Crippen LogP) is 1.98. The van der Waals surface area contributed by atoms with Gasteiger partial charge in [0.1, 0.15) is 6.54 Å². The van der Waals surface area contributed by atoms with Gasteiger partial charge in [-0.1, -0.05) is 44.0 Å². The molecule has 1 aliphatic heterocycles. The monoisotopic (exact) mass is 371 g/mol. The second-order valence-corrected chi connectivity index (χ2v) is 7.38. The molecular weight excluding hydrogens is 346 g/mol. The predicted molar refractivity (Wildman–Crippen MR) is 98.4 cm³/mol.